The zero-order valence-electron chi connectivity index (χ0n) is 15.5. The van der Waals surface area contributed by atoms with Crippen molar-refractivity contribution in [2.75, 3.05) is 19.6 Å². The van der Waals surface area contributed by atoms with Gasteiger partial charge in [0.05, 0.1) is 6.04 Å². The van der Waals surface area contributed by atoms with Crippen molar-refractivity contribution in [3.8, 4) is 0 Å². The number of nitrogens with zero attached hydrogens (tertiary/aromatic N) is 1. The molecule has 4 aliphatic rings. The maximum Gasteiger partial charge on any atom is 0.405 e. The second-order valence-electron chi connectivity index (χ2n) is 9.31. The molecule has 4 atom stereocenters. The molecule has 0 aromatic heterocycles. The number of benzene rings is 1. The number of carboxylic acid groups (broad SMARTS) is 1. The minimum Gasteiger partial charge on any atom is -0.465 e. The van der Waals surface area contributed by atoms with Crippen LogP contribution in [0.2, 0.25) is 0 Å². The van der Waals surface area contributed by atoms with E-state index in [9.17, 15) is 9.90 Å². The Bertz CT molecular complexity index is 695. The summed E-state index contributed by atoms with van der Waals surface area (Å²) in [5.41, 5.74) is 2.78. The van der Waals surface area contributed by atoms with Crippen LogP contribution in [-0.4, -0.2) is 35.7 Å². The van der Waals surface area contributed by atoms with Crippen LogP contribution >= 0.6 is 0 Å². The quantitative estimate of drug-likeness (QED) is 0.856. The van der Waals surface area contributed by atoms with Gasteiger partial charge in [0.25, 0.3) is 0 Å². The molecule has 1 saturated heterocycles. The zero-order chi connectivity index (χ0) is 17.7. The predicted octanol–water partition coefficient (Wildman–Crippen LogP) is 4.17. The van der Waals surface area contributed by atoms with E-state index in [0.29, 0.717) is 0 Å². The summed E-state index contributed by atoms with van der Waals surface area (Å²) in [6, 6.07) is 8.47. The third-order valence-electron chi connectivity index (χ3n) is 7.99. The Labute approximate surface area is 156 Å². The molecule has 3 aliphatic carbocycles. The number of amides is 1. The van der Waals surface area contributed by atoms with Crippen LogP contribution in [-0.2, 0) is 5.41 Å². The van der Waals surface area contributed by atoms with E-state index in [0.717, 1.165) is 24.2 Å². The van der Waals surface area contributed by atoms with Gasteiger partial charge >= 0.3 is 6.09 Å². The first-order valence-electron chi connectivity index (χ1n) is 10.4. The molecule has 26 heavy (non-hydrogen) atoms. The minimum atomic E-state index is -0.907. The number of carbonyl (C=O) groups is 1. The van der Waals surface area contributed by atoms with Crippen LogP contribution in [0, 0.1) is 17.8 Å². The molecule has 0 radical (unpaired) electrons. The maximum atomic E-state index is 11.2. The summed E-state index contributed by atoms with van der Waals surface area (Å²) >= 11 is 0. The number of fused-ring (bicyclic) bond motifs is 4. The van der Waals surface area contributed by atoms with Crippen LogP contribution in [0.5, 0.6) is 0 Å². The molecule has 1 aromatic carbocycles. The molecule has 2 saturated carbocycles. The zero-order valence-corrected chi connectivity index (χ0v) is 15.5. The van der Waals surface area contributed by atoms with E-state index in [1.165, 1.54) is 69.3 Å². The molecule has 2 N–H and O–H groups in total. The molecule has 4 heteroatoms. The van der Waals surface area contributed by atoms with E-state index in [1.807, 2.05) is 6.07 Å². The molecule has 5 rings (SSSR count). The van der Waals surface area contributed by atoms with Crippen molar-refractivity contribution in [3.05, 3.63) is 35.4 Å². The molecule has 3 fully saturated rings. The Hall–Kier alpha value is -1.55. The lowest BCUT2D eigenvalue weighted by molar-refractivity contribution is 0.119. The second-order valence-corrected chi connectivity index (χ2v) is 9.31. The number of likely N-dealkylation sites (tertiary alicyclic amines) is 1. The van der Waals surface area contributed by atoms with Crippen molar-refractivity contribution in [2.24, 2.45) is 17.8 Å². The van der Waals surface area contributed by atoms with Crippen LogP contribution in [0.25, 0.3) is 0 Å². The topological polar surface area (TPSA) is 52.6 Å². The number of nitrogens with one attached hydrogen (secondary N) is 1. The highest BCUT2D eigenvalue weighted by molar-refractivity contribution is 5.66. The number of hydrogen-bond donors (Lipinski definition) is 2. The van der Waals surface area contributed by atoms with Gasteiger partial charge in [-0.15, -0.1) is 0 Å². The summed E-state index contributed by atoms with van der Waals surface area (Å²) in [5, 5.41) is 12.0. The number of rotatable bonds is 3. The van der Waals surface area contributed by atoms with Crippen LogP contribution < -0.4 is 5.32 Å². The normalized spacial score (nSPS) is 34.9. The van der Waals surface area contributed by atoms with Gasteiger partial charge in [-0.3, -0.25) is 0 Å². The molecule has 4 nitrogen and oxygen atoms in total. The molecular formula is C22H30N2O2. The molecule has 1 aliphatic heterocycles. The fraction of sp³-hybridized carbons (Fsp3) is 0.682. The van der Waals surface area contributed by atoms with Gasteiger partial charge in [-0.05, 0) is 80.5 Å². The monoisotopic (exact) mass is 354 g/mol. The predicted molar refractivity (Wildman–Crippen MR) is 101 cm³/mol. The van der Waals surface area contributed by atoms with E-state index in [-0.39, 0.29) is 11.5 Å². The van der Waals surface area contributed by atoms with Crippen LogP contribution in [0.1, 0.15) is 62.1 Å². The Morgan fingerprint density at radius 2 is 2.00 bits per heavy atom. The summed E-state index contributed by atoms with van der Waals surface area (Å²) < 4.78 is 0. The van der Waals surface area contributed by atoms with Crippen molar-refractivity contribution < 1.29 is 9.90 Å². The van der Waals surface area contributed by atoms with Crippen molar-refractivity contribution in [2.45, 2.75) is 56.4 Å². The SMILES string of the molecule is O=C(O)N[C@H]1CC2(CCN(C[C@H]3C[C@@H]4CC[C@@H]3C4)CC2)c2ccccc21. The third kappa shape index (κ3) is 2.74. The average Bonchev–Trinajstić information content (AvgIpc) is 3.32. The number of hydrogen-bond acceptors (Lipinski definition) is 2. The lowest BCUT2D eigenvalue weighted by atomic mass is 9.73. The highest BCUT2D eigenvalue weighted by Crippen LogP contribution is 2.52. The van der Waals surface area contributed by atoms with Crippen LogP contribution in [0.3, 0.4) is 0 Å². The van der Waals surface area contributed by atoms with E-state index in [4.69, 9.17) is 0 Å². The van der Waals surface area contributed by atoms with Gasteiger partial charge in [0.1, 0.15) is 0 Å². The molecule has 1 amide bonds. The molecule has 0 unspecified atom stereocenters. The van der Waals surface area contributed by atoms with Crippen molar-refractivity contribution in [1.82, 2.24) is 10.2 Å². The summed E-state index contributed by atoms with van der Waals surface area (Å²) in [6.45, 7) is 3.64. The van der Waals surface area contributed by atoms with Gasteiger partial charge < -0.3 is 15.3 Å². The Balaban J connectivity index is 1.27. The maximum absolute atomic E-state index is 11.2. The highest BCUT2D eigenvalue weighted by atomic mass is 16.4. The lowest BCUT2D eigenvalue weighted by Gasteiger charge is -2.42. The van der Waals surface area contributed by atoms with E-state index >= 15 is 0 Å². The van der Waals surface area contributed by atoms with Crippen LogP contribution in [0.15, 0.2) is 24.3 Å². The minimum absolute atomic E-state index is 0.0409. The first kappa shape index (κ1) is 16.6. The van der Waals surface area contributed by atoms with Crippen molar-refractivity contribution in [3.63, 3.8) is 0 Å². The first-order valence-corrected chi connectivity index (χ1v) is 10.4. The summed E-state index contributed by atoms with van der Waals surface area (Å²) in [5.74, 6) is 2.98. The average molecular weight is 354 g/mol. The lowest BCUT2D eigenvalue weighted by Crippen LogP contribution is -2.44. The molecule has 2 bridgehead atoms. The summed E-state index contributed by atoms with van der Waals surface area (Å²) in [4.78, 5) is 13.9. The summed E-state index contributed by atoms with van der Waals surface area (Å²) in [7, 11) is 0. The largest absolute Gasteiger partial charge is 0.465 e. The molecular weight excluding hydrogens is 324 g/mol. The van der Waals surface area contributed by atoms with Gasteiger partial charge in [-0.2, -0.15) is 0 Å². The molecule has 1 aromatic rings. The first-order chi connectivity index (χ1) is 12.6. The smallest absolute Gasteiger partial charge is 0.405 e. The third-order valence-corrected chi connectivity index (χ3v) is 7.99. The standard InChI is InChI=1S/C22H30N2O2/c25-21(26)23-20-13-22(19-4-2-1-3-18(19)20)7-9-24(10-8-22)14-17-12-15-5-6-16(17)11-15/h1-4,15-17,20,23H,5-14H2,(H,25,26)/t15-,16-,17-,20+/m1/s1. The Morgan fingerprint density at radius 3 is 2.69 bits per heavy atom. The van der Waals surface area contributed by atoms with Crippen molar-refractivity contribution in [1.29, 1.82) is 0 Å². The molecule has 1 heterocycles. The fourth-order valence-corrected chi connectivity index (χ4v) is 6.74. The van der Waals surface area contributed by atoms with Gasteiger partial charge in [0.2, 0.25) is 0 Å². The number of piperidine rings is 1. The highest BCUT2D eigenvalue weighted by Gasteiger charge is 2.46. The van der Waals surface area contributed by atoms with Crippen LogP contribution in [0.4, 0.5) is 4.79 Å². The summed E-state index contributed by atoms with van der Waals surface area (Å²) in [6.07, 6.45) is 8.29. The molecule has 1 spiro atoms. The van der Waals surface area contributed by atoms with Gasteiger partial charge in [0.15, 0.2) is 0 Å². The van der Waals surface area contributed by atoms with Gasteiger partial charge in [0, 0.05) is 12.0 Å². The van der Waals surface area contributed by atoms with Gasteiger partial charge in [-0.25, -0.2) is 4.79 Å². The Morgan fingerprint density at radius 1 is 1.19 bits per heavy atom. The second kappa shape index (κ2) is 6.26. The van der Waals surface area contributed by atoms with Crippen molar-refractivity contribution >= 4 is 6.09 Å². The van der Waals surface area contributed by atoms with Gasteiger partial charge in [-0.1, -0.05) is 30.7 Å². The van der Waals surface area contributed by atoms with E-state index in [2.05, 4.69) is 28.4 Å². The van der Waals surface area contributed by atoms with E-state index < -0.39 is 6.09 Å². The fourth-order valence-electron chi connectivity index (χ4n) is 6.74. The van der Waals surface area contributed by atoms with E-state index in [1.54, 1.807) is 0 Å². The Kier molecular flexibility index (Phi) is 4.00. The molecule has 140 valence electrons.